The zero-order chi connectivity index (χ0) is 9.94. The molecule has 0 aliphatic heterocycles. The third-order valence-electron chi connectivity index (χ3n) is 1.20. The van der Waals surface area contributed by atoms with E-state index in [1.165, 1.54) is 0 Å². The summed E-state index contributed by atoms with van der Waals surface area (Å²) in [6, 6.07) is 0. The lowest BCUT2D eigenvalue weighted by Gasteiger charge is -2.04. The fourth-order valence-corrected chi connectivity index (χ4v) is 0.916. The van der Waals surface area contributed by atoms with E-state index < -0.39 is 0 Å². The third kappa shape index (κ3) is 9.79. The molecule has 0 unspecified atom stereocenters. The molecule has 0 fully saturated rings. The normalized spacial score (nSPS) is 10.0. The molecule has 4 nitrogen and oxygen atoms in total. The van der Waals surface area contributed by atoms with Crippen LogP contribution in [0.15, 0.2) is 0 Å². The Hall–Kier alpha value is -0.130. The van der Waals surface area contributed by atoms with Gasteiger partial charge in [-0.1, -0.05) is 15.9 Å². The monoisotopic (exact) mass is 253 g/mol. The van der Waals surface area contributed by atoms with Gasteiger partial charge >= 0.3 is 0 Å². The predicted molar refractivity (Wildman–Crippen MR) is 54.1 cm³/mol. The van der Waals surface area contributed by atoms with Crippen molar-refractivity contribution in [3.05, 3.63) is 0 Å². The number of carbonyl (C=O) groups excluding carboxylic acids is 1. The van der Waals surface area contributed by atoms with Crippen LogP contribution in [0.1, 0.15) is 6.92 Å². The second-order valence-electron chi connectivity index (χ2n) is 2.31. The summed E-state index contributed by atoms with van der Waals surface area (Å²) < 4.78 is 10.2. The number of alkyl halides is 1. The Labute approximate surface area is 87.1 Å². The molecule has 0 aromatic carbocycles. The third-order valence-corrected chi connectivity index (χ3v) is 1.52. The molecule has 0 radical (unpaired) electrons. The van der Waals surface area contributed by atoms with Crippen LogP contribution in [-0.4, -0.2) is 44.2 Å². The summed E-state index contributed by atoms with van der Waals surface area (Å²) >= 11 is 3.23. The van der Waals surface area contributed by atoms with Crippen molar-refractivity contribution in [1.29, 1.82) is 0 Å². The van der Waals surface area contributed by atoms with Gasteiger partial charge in [-0.25, -0.2) is 0 Å². The van der Waals surface area contributed by atoms with Crippen LogP contribution >= 0.6 is 15.9 Å². The largest absolute Gasteiger partial charge is 0.378 e. The summed E-state index contributed by atoms with van der Waals surface area (Å²) in [4.78, 5) is 10.8. The summed E-state index contributed by atoms with van der Waals surface area (Å²) in [5.41, 5.74) is 0. The molecule has 0 aliphatic carbocycles. The number of halogens is 1. The van der Waals surface area contributed by atoms with Crippen molar-refractivity contribution in [2.75, 3.05) is 38.3 Å². The molecule has 0 saturated carbocycles. The van der Waals surface area contributed by atoms with Gasteiger partial charge in [-0.3, -0.25) is 4.79 Å². The van der Waals surface area contributed by atoms with Gasteiger partial charge in [-0.15, -0.1) is 0 Å². The molecule has 0 heterocycles. The first-order valence-corrected chi connectivity index (χ1v) is 5.41. The lowest BCUT2D eigenvalue weighted by molar-refractivity contribution is -0.126. The molecule has 13 heavy (non-hydrogen) atoms. The molecule has 0 saturated heterocycles. The van der Waals surface area contributed by atoms with Crippen LogP contribution in [0.25, 0.3) is 0 Å². The van der Waals surface area contributed by atoms with Gasteiger partial charge in [0, 0.05) is 11.9 Å². The minimum Gasteiger partial charge on any atom is -0.378 e. The average Bonchev–Trinajstić information content (AvgIpc) is 2.11. The van der Waals surface area contributed by atoms with Crippen LogP contribution in [0, 0.1) is 0 Å². The molecular weight excluding hydrogens is 238 g/mol. The minimum atomic E-state index is -0.0806. The van der Waals surface area contributed by atoms with Crippen molar-refractivity contribution in [3.8, 4) is 0 Å². The molecule has 0 atom stereocenters. The molecule has 0 rings (SSSR count). The Morgan fingerprint density at radius 1 is 1.31 bits per heavy atom. The number of hydrogen-bond acceptors (Lipinski definition) is 3. The van der Waals surface area contributed by atoms with Crippen LogP contribution in [0.3, 0.4) is 0 Å². The van der Waals surface area contributed by atoms with Gasteiger partial charge in [0.25, 0.3) is 0 Å². The highest BCUT2D eigenvalue weighted by Gasteiger charge is 1.97. The second-order valence-corrected chi connectivity index (χ2v) is 3.10. The number of likely N-dealkylation sites (N-methyl/N-ethyl adjacent to an activating group) is 1. The van der Waals surface area contributed by atoms with Gasteiger partial charge in [-0.2, -0.15) is 0 Å². The lowest BCUT2D eigenvalue weighted by Crippen LogP contribution is -2.27. The summed E-state index contributed by atoms with van der Waals surface area (Å²) in [7, 11) is 0. The first-order chi connectivity index (χ1) is 6.31. The van der Waals surface area contributed by atoms with E-state index in [2.05, 4.69) is 21.2 Å². The van der Waals surface area contributed by atoms with Crippen molar-refractivity contribution in [2.24, 2.45) is 0 Å². The minimum absolute atomic E-state index is 0.0806. The molecule has 0 bridgehead atoms. The van der Waals surface area contributed by atoms with E-state index in [-0.39, 0.29) is 12.5 Å². The predicted octanol–water partition coefficient (Wildman–Crippen LogP) is 0.551. The molecule has 78 valence electrons. The van der Waals surface area contributed by atoms with Crippen molar-refractivity contribution in [2.45, 2.75) is 6.92 Å². The quantitative estimate of drug-likeness (QED) is 0.508. The zero-order valence-corrected chi connectivity index (χ0v) is 9.43. The van der Waals surface area contributed by atoms with Gasteiger partial charge < -0.3 is 14.8 Å². The van der Waals surface area contributed by atoms with Crippen LogP contribution in [-0.2, 0) is 14.3 Å². The van der Waals surface area contributed by atoms with Crippen molar-refractivity contribution in [1.82, 2.24) is 5.32 Å². The Bertz CT molecular complexity index is 133. The van der Waals surface area contributed by atoms with Crippen molar-refractivity contribution < 1.29 is 14.3 Å². The van der Waals surface area contributed by atoms with Crippen LogP contribution in [0.4, 0.5) is 0 Å². The van der Waals surface area contributed by atoms with Crippen LogP contribution in [0.5, 0.6) is 0 Å². The maximum Gasteiger partial charge on any atom is 0.245 e. The van der Waals surface area contributed by atoms with Gasteiger partial charge in [0.2, 0.25) is 5.91 Å². The van der Waals surface area contributed by atoms with Crippen molar-refractivity contribution >= 4 is 21.8 Å². The Morgan fingerprint density at radius 3 is 2.62 bits per heavy atom. The van der Waals surface area contributed by atoms with E-state index in [0.29, 0.717) is 26.4 Å². The van der Waals surface area contributed by atoms with E-state index in [1.54, 1.807) is 0 Å². The Kier molecular flexibility index (Phi) is 9.85. The van der Waals surface area contributed by atoms with Gasteiger partial charge in [0.15, 0.2) is 0 Å². The lowest BCUT2D eigenvalue weighted by atomic mass is 10.6. The Balaban J connectivity index is 3.02. The molecule has 0 aliphatic rings. The standard InChI is InChI=1S/C8H16BrNO3/c1-2-10-8(11)7-13-6-5-12-4-3-9/h2-7H2,1H3,(H,10,11). The summed E-state index contributed by atoms with van der Waals surface area (Å²) in [6.45, 7) is 4.30. The number of amides is 1. The average molecular weight is 254 g/mol. The number of rotatable bonds is 8. The number of hydrogen-bond donors (Lipinski definition) is 1. The molecule has 0 spiro atoms. The zero-order valence-electron chi connectivity index (χ0n) is 7.85. The smallest absolute Gasteiger partial charge is 0.245 e. The molecule has 1 N–H and O–H groups in total. The van der Waals surface area contributed by atoms with Gasteiger partial charge in [0.05, 0.1) is 19.8 Å². The highest BCUT2D eigenvalue weighted by atomic mass is 79.9. The van der Waals surface area contributed by atoms with Gasteiger partial charge in [0.1, 0.15) is 6.61 Å². The van der Waals surface area contributed by atoms with E-state index in [4.69, 9.17) is 9.47 Å². The first kappa shape index (κ1) is 12.9. The SMILES string of the molecule is CCNC(=O)COCCOCCBr. The first-order valence-electron chi connectivity index (χ1n) is 4.29. The summed E-state index contributed by atoms with van der Waals surface area (Å²) in [5.74, 6) is -0.0806. The van der Waals surface area contributed by atoms with E-state index in [1.807, 2.05) is 6.92 Å². The van der Waals surface area contributed by atoms with Crippen LogP contribution < -0.4 is 5.32 Å². The topological polar surface area (TPSA) is 47.6 Å². The second kappa shape index (κ2) is 9.95. The number of ether oxygens (including phenoxy) is 2. The highest BCUT2D eigenvalue weighted by molar-refractivity contribution is 9.09. The number of carbonyl (C=O) groups is 1. The Morgan fingerprint density at radius 2 is 2.00 bits per heavy atom. The molecule has 0 aromatic rings. The van der Waals surface area contributed by atoms with E-state index in [9.17, 15) is 4.79 Å². The van der Waals surface area contributed by atoms with Crippen LogP contribution in [0.2, 0.25) is 0 Å². The van der Waals surface area contributed by atoms with Crippen molar-refractivity contribution in [3.63, 3.8) is 0 Å². The van der Waals surface area contributed by atoms with Gasteiger partial charge in [-0.05, 0) is 6.92 Å². The van der Waals surface area contributed by atoms with E-state index >= 15 is 0 Å². The fourth-order valence-electron chi connectivity index (χ4n) is 0.688. The van der Waals surface area contributed by atoms with E-state index in [0.717, 1.165) is 5.33 Å². The molecule has 1 amide bonds. The fraction of sp³-hybridized carbons (Fsp3) is 0.875. The maximum absolute atomic E-state index is 10.8. The summed E-state index contributed by atoms with van der Waals surface area (Å²) in [5, 5.41) is 3.46. The maximum atomic E-state index is 10.8. The molecule has 0 aromatic heterocycles. The summed E-state index contributed by atoms with van der Waals surface area (Å²) in [6.07, 6.45) is 0. The molecular formula is C8H16BrNO3. The highest BCUT2D eigenvalue weighted by Crippen LogP contribution is 1.82. The molecule has 5 heteroatoms. The number of nitrogens with one attached hydrogen (secondary N) is 1.